The number of nitrogens with zero attached hydrogens (tertiary/aromatic N) is 1. The second-order valence-electron chi connectivity index (χ2n) is 4.39. The normalized spacial score (nSPS) is 10.5. The predicted octanol–water partition coefficient (Wildman–Crippen LogP) is 2.01. The number of hydrogen-bond donors (Lipinski definition) is 2. The molecule has 0 bridgehead atoms. The van der Waals surface area contributed by atoms with Crippen molar-refractivity contribution >= 4 is 16.8 Å². The SMILES string of the molecule is NNC(=O)c1ccc(COc2cnc3ccccc3c2)o1. The number of carbonyl (C=O) groups is 1. The molecule has 0 saturated heterocycles. The van der Waals surface area contributed by atoms with Gasteiger partial charge in [-0.05, 0) is 24.3 Å². The summed E-state index contributed by atoms with van der Waals surface area (Å²) in [6.07, 6.45) is 1.65. The first-order valence-electron chi connectivity index (χ1n) is 6.33. The maximum Gasteiger partial charge on any atom is 0.300 e. The van der Waals surface area contributed by atoms with Crippen LogP contribution in [0.5, 0.6) is 5.75 Å². The molecule has 21 heavy (non-hydrogen) atoms. The average molecular weight is 283 g/mol. The third-order valence-electron chi connectivity index (χ3n) is 2.96. The fourth-order valence-electron chi connectivity index (χ4n) is 1.93. The summed E-state index contributed by atoms with van der Waals surface area (Å²) in [6.45, 7) is 0.206. The number of para-hydroxylation sites is 1. The van der Waals surface area contributed by atoms with Crippen LogP contribution < -0.4 is 16.0 Å². The molecular weight excluding hydrogens is 270 g/mol. The van der Waals surface area contributed by atoms with Crippen LogP contribution in [-0.2, 0) is 6.61 Å². The summed E-state index contributed by atoms with van der Waals surface area (Å²) in [4.78, 5) is 15.6. The second-order valence-corrected chi connectivity index (χ2v) is 4.39. The van der Waals surface area contributed by atoms with E-state index in [1.807, 2.05) is 35.8 Å². The van der Waals surface area contributed by atoms with Crippen molar-refractivity contribution in [2.45, 2.75) is 6.61 Å². The van der Waals surface area contributed by atoms with Gasteiger partial charge in [-0.3, -0.25) is 15.2 Å². The van der Waals surface area contributed by atoms with Crippen LogP contribution in [0.25, 0.3) is 10.9 Å². The molecule has 2 heterocycles. The van der Waals surface area contributed by atoms with Gasteiger partial charge in [-0.25, -0.2) is 5.84 Å². The number of nitrogens with one attached hydrogen (secondary N) is 1. The number of carbonyl (C=O) groups excluding carboxylic acids is 1. The minimum atomic E-state index is -0.478. The summed E-state index contributed by atoms with van der Waals surface area (Å²) in [5.41, 5.74) is 2.91. The Bertz CT molecular complexity index is 782. The Morgan fingerprint density at radius 2 is 2.14 bits per heavy atom. The molecule has 0 spiro atoms. The first-order chi connectivity index (χ1) is 10.3. The maximum atomic E-state index is 11.3. The number of nitrogens with two attached hydrogens (primary N) is 1. The van der Waals surface area contributed by atoms with Crippen LogP contribution in [0.4, 0.5) is 0 Å². The topological polar surface area (TPSA) is 90.4 Å². The Kier molecular flexibility index (Phi) is 3.53. The number of fused-ring (bicyclic) bond motifs is 1. The van der Waals surface area contributed by atoms with Gasteiger partial charge in [0, 0.05) is 5.39 Å². The smallest absolute Gasteiger partial charge is 0.300 e. The molecule has 3 aromatic rings. The van der Waals surface area contributed by atoms with E-state index < -0.39 is 5.91 Å². The minimum absolute atomic E-state index is 0.146. The minimum Gasteiger partial charge on any atom is -0.484 e. The van der Waals surface area contributed by atoms with E-state index >= 15 is 0 Å². The molecule has 0 aliphatic carbocycles. The first-order valence-corrected chi connectivity index (χ1v) is 6.33. The molecule has 106 valence electrons. The third kappa shape index (κ3) is 2.85. The maximum absolute atomic E-state index is 11.3. The van der Waals surface area contributed by atoms with Crippen molar-refractivity contribution in [3.8, 4) is 5.75 Å². The van der Waals surface area contributed by atoms with Gasteiger partial charge < -0.3 is 9.15 Å². The zero-order valence-corrected chi connectivity index (χ0v) is 11.1. The molecule has 3 N–H and O–H groups in total. The van der Waals surface area contributed by atoms with Crippen molar-refractivity contribution in [1.82, 2.24) is 10.4 Å². The van der Waals surface area contributed by atoms with Crippen LogP contribution in [-0.4, -0.2) is 10.9 Å². The van der Waals surface area contributed by atoms with Crippen molar-refractivity contribution in [3.63, 3.8) is 0 Å². The van der Waals surface area contributed by atoms with Gasteiger partial charge in [0.25, 0.3) is 0 Å². The van der Waals surface area contributed by atoms with Crippen molar-refractivity contribution in [1.29, 1.82) is 0 Å². The van der Waals surface area contributed by atoms with Crippen LogP contribution in [0.2, 0.25) is 0 Å². The van der Waals surface area contributed by atoms with Crippen LogP contribution in [0.1, 0.15) is 16.3 Å². The summed E-state index contributed by atoms with van der Waals surface area (Å²) in [6, 6.07) is 12.9. The summed E-state index contributed by atoms with van der Waals surface area (Å²) in [7, 11) is 0. The summed E-state index contributed by atoms with van der Waals surface area (Å²) < 4.78 is 10.9. The highest BCUT2D eigenvalue weighted by atomic mass is 16.5. The number of rotatable bonds is 4. The molecule has 3 rings (SSSR count). The number of aromatic nitrogens is 1. The van der Waals surface area contributed by atoms with Crippen LogP contribution in [0.3, 0.4) is 0 Å². The molecule has 6 nitrogen and oxygen atoms in total. The second kappa shape index (κ2) is 5.64. The highest BCUT2D eigenvalue weighted by Crippen LogP contribution is 2.19. The van der Waals surface area contributed by atoms with Crippen LogP contribution in [0, 0.1) is 0 Å². The Labute approximate surface area is 120 Å². The Morgan fingerprint density at radius 1 is 1.29 bits per heavy atom. The van der Waals surface area contributed by atoms with E-state index in [4.69, 9.17) is 15.0 Å². The standard InChI is InChI=1S/C15H13N3O3/c16-18-15(19)14-6-5-11(21-14)9-20-12-7-10-3-1-2-4-13(10)17-8-12/h1-8H,9,16H2,(H,18,19). The molecule has 0 fully saturated rings. The van der Waals surface area contributed by atoms with Gasteiger partial charge in [0.2, 0.25) is 0 Å². The number of furan rings is 1. The van der Waals surface area contributed by atoms with Crippen molar-refractivity contribution < 1.29 is 13.9 Å². The lowest BCUT2D eigenvalue weighted by atomic mass is 10.2. The largest absolute Gasteiger partial charge is 0.484 e. The fourth-order valence-corrected chi connectivity index (χ4v) is 1.93. The average Bonchev–Trinajstić information content (AvgIpc) is 3.01. The Hall–Kier alpha value is -2.86. The molecule has 0 radical (unpaired) electrons. The molecule has 0 saturated carbocycles. The lowest BCUT2D eigenvalue weighted by Gasteiger charge is -2.05. The number of amides is 1. The summed E-state index contributed by atoms with van der Waals surface area (Å²) in [5.74, 6) is 5.86. The van der Waals surface area contributed by atoms with Crippen LogP contribution >= 0.6 is 0 Å². The van der Waals surface area contributed by atoms with Crippen molar-refractivity contribution in [3.05, 3.63) is 60.2 Å². The first kappa shape index (κ1) is 13.1. The highest BCUT2D eigenvalue weighted by molar-refractivity contribution is 5.90. The molecule has 2 aromatic heterocycles. The molecular formula is C15H13N3O3. The van der Waals surface area contributed by atoms with E-state index in [0.29, 0.717) is 11.5 Å². The third-order valence-corrected chi connectivity index (χ3v) is 2.96. The number of nitrogen functional groups attached to an aromatic ring is 1. The van der Waals surface area contributed by atoms with E-state index in [9.17, 15) is 4.79 Å². The zero-order valence-electron chi connectivity index (χ0n) is 11.1. The van der Waals surface area contributed by atoms with Gasteiger partial charge in [-0.2, -0.15) is 0 Å². The molecule has 0 unspecified atom stereocenters. The predicted molar refractivity (Wildman–Crippen MR) is 76.4 cm³/mol. The molecule has 0 atom stereocenters. The fraction of sp³-hybridized carbons (Fsp3) is 0.0667. The molecule has 0 aliphatic rings. The number of hydrogen-bond acceptors (Lipinski definition) is 5. The molecule has 1 amide bonds. The molecule has 0 aliphatic heterocycles. The quantitative estimate of drug-likeness (QED) is 0.434. The monoisotopic (exact) mass is 283 g/mol. The lowest BCUT2D eigenvalue weighted by Crippen LogP contribution is -2.29. The molecule has 6 heteroatoms. The van der Waals surface area contributed by atoms with Gasteiger partial charge in [-0.1, -0.05) is 18.2 Å². The Balaban J connectivity index is 1.71. The van der Waals surface area contributed by atoms with E-state index in [-0.39, 0.29) is 12.4 Å². The van der Waals surface area contributed by atoms with Gasteiger partial charge >= 0.3 is 5.91 Å². The lowest BCUT2D eigenvalue weighted by molar-refractivity contribution is 0.0922. The van der Waals surface area contributed by atoms with E-state index in [1.54, 1.807) is 18.3 Å². The van der Waals surface area contributed by atoms with Crippen molar-refractivity contribution in [2.75, 3.05) is 0 Å². The summed E-state index contributed by atoms with van der Waals surface area (Å²) >= 11 is 0. The number of hydrazine groups is 1. The summed E-state index contributed by atoms with van der Waals surface area (Å²) in [5, 5.41) is 0.998. The van der Waals surface area contributed by atoms with Gasteiger partial charge in [0.05, 0.1) is 11.7 Å². The van der Waals surface area contributed by atoms with Crippen molar-refractivity contribution in [2.24, 2.45) is 5.84 Å². The zero-order chi connectivity index (χ0) is 14.7. The number of benzene rings is 1. The molecule has 1 aromatic carbocycles. The van der Waals surface area contributed by atoms with Crippen LogP contribution in [0.15, 0.2) is 53.1 Å². The van der Waals surface area contributed by atoms with E-state index in [1.165, 1.54) is 0 Å². The van der Waals surface area contributed by atoms with Gasteiger partial charge in [-0.15, -0.1) is 0 Å². The van der Waals surface area contributed by atoms with E-state index in [2.05, 4.69) is 4.98 Å². The Morgan fingerprint density at radius 3 is 3.00 bits per heavy atom. The number of pyridine rings is 1. The number of ether oxygens (including phenoxy) is 1. The van der Waals surface area contributed by atoms with Gasteiger partial charge in [0.15, 0.2) is 5.76 Å². The van der Waals surface area contributed by atoms with E-state index in [0.717, 1.165) is 10.9 Å². The van der Waals surface area contributed by atoms with Gasteiger partial charge in [0.1, 0.15) is 18.1 Å². The highest BCUT2D eigenvalue weighted by Gasteiger charge is 2.09.